The fraction of sp³-hybridized carbons (Fsp3) is 0.429. The molecule has 2 aromatic heterocycles. The van der Waals surface area contributed by atoms with Crippen molar-refractivity contribution in [3.63, 3.8) is 0 Å². The summed E-state index contributed by atoms with van der Waals surface area (Å²) in [5.74, 6) is 1.55. The van der Waals surface area contributed by atoms with Crippen molar-refractivity contribution >= 4 is 10.9 Å². The number of benzene rings is 2. The maximum Gasteiger partial charge on any atom is 0.252 e. The Morgan fingerprint density at radius 3 is 2.76 bits per heavy atom. The number of rotatable bonds is 10. The summed E-state index contributed by atoms with van der Waals surface area (Å²) in [4.78, 5) is 18.5. The topological polar surface area (TPSA) is 98.2 Å². The molecule has 3 heterocycles. The summed E-state index contributed by atoms with van der Waals surface area (Å²) < 4.78 is 13.1. The van der Waals surface area contributed by atoms with Crippen LogP contribution in [0.25, 0.3) is 10.9 Å². The lowest BCUT2D eigenvalue weighted by Gasteiger charge is -2.30. The van der Waals surface area contributed by atoms with Gasteiger partial charge >= 0.3 is 0 Å². The van der Waals surface area contributed by atoms with Gasteiger partial charge < -0.3 is 14.5 Å². The first kappa shape index (κ1) is 25.1. The van der Waals surface area contributed by atoms with Gasteiger partial charge in [-0.1, -0.05) is 36.8 Å². The highest BCUT2D eigenvalue weighted by Gasteiger charge is 2.28. The average Bonchev–Trinajstić information content (AvgIpc) is 3.59. The van der Waals surface area contributed by atoms with Crippen molar-refractivity contribution in [2.24, 2.45) is 0 Å². The quantitative estimate of drug-likeness (QED) is 0.348. The van der Waals surface area contributed by atoms with Crippen molar-refractivity contribution in [2.45, 2.75) is 64.9 Å². The predicted octanol–water partition coefficient (Wildman–Crippen LogP) is 4.16. The molecule has 1 N–H and O–H groups in total. The number of aromatic nitrogens is 5. The molecule has 0 bridgehead atoms. The minimum absolute atomic E-state index is 0.0851. The summed E-state index contributed by atoms with van der Waals surface area (Å²) in [6.07, 6.45) is 2.99. The zero-order valence-corrected chi connectivity index (χ0v) is 21.7. The Morgan fingerprint density at radius 1 is 1.19 bits per heavy atom. The van der Waals surface area contributed by atoms with Crippen LogP contribution in [-0.4, -0.2) is 49.9 Å². The normalized spacial score (nSPS) is 16.5. The van der Waals surface area contributed by atoms with Crippen molar-refractivity contribution < 1.29 is 9.47 Å². The highest BCUT2D eigenvalue weighted by Crippen LogP contribution is 2.28. The van der Waals surface area contributed by atoms with E-state index < -0.39 is 0 Å². The number of H-pyrrole nitrogens is 1. The summed E-state index contributed by atoms with van der Waals surface area (Å²) in [6, 6.07) is 16.0. The molecule has 2 atom stereocenters. The third-order valence-corrected chi connectivity index (χ3v) is 7.09. The van der Waals surface area contributed by atoms with E-state index in [4.69, 9.17) is 9.47 Å². The number of hydrogen-bond donors (Lipinski definition) is 1. The zero-order chi connectivity index (χ0) is 25.8. The highest BCUT2D eigenvalue weighted by atomic mass is 16.5. The van der Waals surface area contributed by atoms with Crippen LogP contribution >= 0.6 is 0 Å². The van der Waals surface area contributed by atoms with E-state index in [0.717, 1.165) is 48.3 Å². The average molecular weight is 503 g/mol. The SMILES string of the molecule is CC[C@@H](c1nnnn1C[C@@H]1CCCO1)N(Cc1ccc(C)cc1)Cc1cc2cc(OC)ccc2[nH]c1=O. The smallest absolute Gasteiger partial charge is 0.252 e. The Balaban J connectivity index is 1.50. The molecule has 1 fully saturated rings. The molecular weight excluding hydrogens is 468 g/mol. The number of tetrazole rings is 1. The van der Waals surface area contributed by atoms with Crippen molar-refractivity contribution in [1.82, 2.24) is 30.1 Å². The molecule has 0 aliphatic carbocycles. The second-order valence-electron chi connectivity index (χ2n) is 9.75. The van der Waals surface area contributed by atoms with Gasteiger partial charge in [-0.05, 0) is 66.4 Å². The number of hydrogen-bond acceptors (Lipinski definition) is 7. The van der Waals surface area contributed by atoms with Crippen molar-refractivity contribution in [3.8, 4) is 5.75 Å². The monoisotopic (exact) mass is 502 g/mol. The van der Waals surface area contributed by atoms with Gasteiger partial charge in [0.25, 0.3) is 5.56 Å². The van der Waals surface area contributed by atoms with Gasteiger partial charge in [0.1, 0.15) is 5.75 Å². The number of aromatic amines is 1. The van der Waals surface area contributed by atoms with Crippen LogP contribution < -0.4 is 10.3 Å². The first-order valence-corrected chi connectivity index (χ1v) is 12.9. The van der Waals surface area contributed by atoms with E-state index in [1.165, 1.54) is 11.1 Å². The molecule has 9 heteroatoms. The third-order valence-electron chi connectivity index (χ3n) is 7.09. The van der Waals surface area contributed by atoms with Crippen LogP contribution in [0.2, 0.25) is 0 Å². The molecule has 9 nitrogen and oxygen atoms in total. The second-order valence-corrected chi connectivity index (χ2v) is 9.75. The van der Waals surface area contributed by atoms with Gasteiger partial charge in [0, 0.05) is 36.2 Å². The van der Waals surface area contributed by atoms with Crippen LogP contribution in [0.15, 0.2) is 53.3 Å². The van der Waals surface area contributed by atoms with Crippen LogP contribution in [0, 0.1) is 6.92 Å². The Hall–Kier alpha value is -3.56. The van der Waals surface area contributed by atoms with Crippen LogP contribution in [0.1, 0.15) is 54.7 Å². The Kier molecular flexibility index (Phi) is 7.62. The summed E-state index contributed by atoms with van der Waals surface area (Å²) in [5, 5.41) is 13.7. The number of nitrogens with zero attached hydrogens (tertiary/aromatic N) is 5. The molecule has 5 rings (SSSR count). The molecule has 0 spiro atoms. The van der Waals surface area contributed by atoms with E-state index in [9.17, 15) is 4.79 Å². The molecule has 1 aliphatic heterocycles. The van der Waals surface area contributed by atoms with Gasteiger partial charge in [-0.15, -0.1) is 5.10 Å². The van der Waals surface area contributed by atoms with Gasteiger partial charge in [0.05, 0.1) is 25.8 Å². The number of ether oxygens (including phenoxy) is 2. The van der Waals surface area contributed by atoms with Gasteiger partial charge in [-0.2, -0.15) is 0 Å². The molecule has 4 aromatic rings. The Morgan fingerprint density at radius 2 is 2.03 bits per heavy atom. The predicted molar refractivity (Wildman–Crippen MR) is 141 cm³/mol. The fourth-order valence-corrected chi connectivity index (χ4v) is 5.06. The molecule has 0 saturated carbocycles. The van der Waals surface area contributed by atoms with Crippen LogP contribution in [0.3, 0.4) is 0 Å². The summed E-state index contributed by atoms with van der Waals surface area (Å²) in [7, 11) is 1.64. The van der Waals surface area contributed by atoms with Gasteiger partial charge in [-0.3, -0.25) is 9.69 Å². The Labute approximate surface area is 216 Å². The van der Waals surface area contributed by atoms with Crippen LogP contribution in [0.4, 0.5) is 0 Å². The van der Waals surface area contributed by atoms with Gasteiger partial charge in [0.15, 0.2) is 5.82 Å². The minimum atomic E-state index is -0.0969. The van der Waals surface area contributed by atoms with Crippen LogP contribution in [-0.2, 0) is 24.4 Å². The lowest BCUT2D eigenvalue weighted by molar-refractivity contribution is 0.0888. The number of pyridine rings is 1. The van der Waals surface area contributed by atoms with E-state index in [0.29, 0.717) is 25.2 Å². The lowest BCUT2D eigenvalue weighted by atomic mass is 10.1. The molecule has 1 saturated heterocycles. The van der Waals surface area contributed by atoms with E-state index in [2.05, 4.69) is 63.5 Å². The van der Waals surface area contributed by atoms with Gasteiger partial charge in [-0.25, -0.2) is 4.68 Å². The number of nitrogens with one attached hydrogen (secondary N) is 1. The Bertz CT molecular complexity index is 1390. The maximum absolute atomic E-state index is 13.1. The zero-order valence-electron chi connectivity index (χ0n) is 21.7. The molecular formula is C28H34N6O3. The second kappa shape index (κ2) is 11.2. The first-order valence-electron chi connectivity index (χ1n) is 12.9. The summed E-state index contributed by atoms with van der Waals surface area (Å²) in [5.41, 5.74) is 3.75. The largest absolute Gasteiger partial charge is 0.497 e. The van der Waals surface area contributed by atoms with Gasteiger partial charge in [0.2, 0.25) is 0 Å². The molecule has 37 heavy (non-hydrogen) atoms. The van der Waals surface area contributed by atoms with E-state index in [1.54, 1.807) is 7.11 Å². The van der Waals surface area contributed by atoms with Crippen LogP contribution in [0.5, 0.6) is 5.75 Å². The molecule has 0 radical (unpaired) electrons. The number of methoxy groups -OCH3 is 1. The van der Waals surface area contributed by atoms with E-state index in [-0.39, 0.29) is 17.7 Å². The van der Waals surface area contributed by atoms with E-state index >= 15 is 0 Å². The molecule has 1 aliphatic rings. The lowest BCUT2D eigenvalue weighted by Crippen LogP contribution is -2.33. The number of fused-ring (bicyclic) bond motifs is 1. The third kappa shape index (κ3) is 5.73. The standard InChI is InChI=1S/C28H34N6O3/c1-4-26(27-30-31-32-34(27)18-24-6-5-13-37-24)33(16-20-9-7-19(2)8-10-20)17-22-14-21-15-23(36-3)11-12-25(21)29-28(22)35/h7-12,14-15,24,26H,4-6,13,16-18H2,1-3H3,(H,29,35)/t24-,26-/m0/s1. The molecule has 194 valence electrons. The highest BCUT2D eigenvalue weighted by molar-refractivity contribution is 5.80. The van der Waals surface area contributed by atoms with E-state index in [1.807, 2.05) is 28.9 Å². The maximum atomic E-state index is 13.1. The number of aryl methyl sites for hydroxylation is 1. The summed E-state index contributed by atoms with van der Waals surface area (Å²) >= 11 is 0. The summed E-state index contributed by atoms with van der Waals surface area (Å²) in [6.45, 7) is 6.73. The molecule has 2 aromatic carbocycles. The fourth-order valence-electron chi connectivity index (χ4n) is 5.06. The molecule has 0 amide bonds. The van der Waals surface area contributed by atoms with Crippen molar-refractivity contribution in [2.75, 3.05) is 13.7 Å². The van der Waals surface area contributed by atoms with Crippen molar-refractivity contribution in [1.29, 1.82) is 0 Å². The molecule has 0 unspecified atom stereocenters. The minimum Gasteiger partial charge on any atom is -0.497 e. The first-order chi connectivity index (χ1) is 18.0. The van der Waals surface area contributed by atoms with Crippen molar-refractivity contribution in [3.05, 3.63) is 81.4 Å².